The monoisotopic (exact) mass is 559 g/mol. The van der Waals surface area contributed by atoms with E-state index in [1.807, 2.05) is 6.92 Å². The van der Waals surface area contributed by atoms with E-state index in [1.165, 1.54) is 38.3 Å². The maximum atomic E-state index is 13.0. The molecule has 38 heavy (non-hydrogen) atoms. The van der Waals surface area contributed by atoms with Gasteiger partial charge in [0.15, 0.2) is 12.0 Å². The Balaban J connectivity index is 1.89. The summed E-state index contributed by atoms with van der Waals surface area (Å²) in [5.41, 5.74) is 0. The molecule has 1 aromatic rings. The highest BCUT2D eigenvalue weighted by atomic mass is 32.2. The normalized spacial score (nSPS) is 24.2. The van der Waals surface area contributed by atoms with Crippen molar-refractivity contribution >= 4 is 29.4 Å². The van der Waals surface area contributed by atoms with E-state index >= 15 is 0 Å². The van der Waals surface area contributed by atoms with Gasteiger partial charge in [-0.2, -0.15) is 11.8 Å². The van der Waals surface area contributed by atoms with Crippen molar-refractivity contribution in [2.75, 3.05) is 23.4 Å². The van der Waals surface area contributed by atoms with Crippen molar-refractivity contribution in [1.29, 1.82) is 0 Å². The summed E-state index contributed by atoms with van der Waals surface area (Å²) in [5, 5.41) is 52.8. The number of ether oxygens (including phenoxy) is 1. The minimum absolute atomic E-state index is 0.0646. The van der Waals surface area contributed by atoms with Crippen molar-refractivity contribution < 1.29 is 34.8 Å². The van der Waals surface area contributed by atoms with E-state index in [-0.39, 0.29) is 11.7 Å². The summed E-state index contributed by atoms with van der Waals surface area (Å²) in [6, 6.07) is -0.759. The van der Waals surface area contributed by atoms with Crippen LogP contribution < -0.4 is 10.6 Å². The molecule has 0 saturated carbocycles. The van der Waals surface area contributed by atoms with Crippen LogP contribution in [0.5, 0.6) is 0 Å². The van der Waals surface area contributed by atoms with Crippen LogP contribution >= 0.6 is 11.8 Å². The molecule has 0 aromatic carbocycles. The highest BCUT2D eigenvalue weighted by molar-refractivity contribution is 7.99. The fourth-order valence-corrected chi connectivity index (χ4v) is 5.11. The molecule has 1 fully saturated rings. The second kappa shape index (κ2) is 17.7. The maximum absolute atomic E-state index is 13.0. The van der Waals surface area contributed by atoms with Crippen molar-refractivity contribution in [2.45, 2.75) is 115 Å². The van der Waals surface area contributed by atoms with Gasteiger partial charge in [0.1, 0.15) is 30.5 Å². The number of aliphatic hydroxyl groups excluding tert-OH is 4. The topological polar surface area (TPSA) is 179 Å². The van der Waals surface area contributed by atoms with E-state index < -0.39 is 49.2 Å². The van der Waals surface area contributed by atoms with Crippen molar-refractivity contribution in [3.63, 3.8) is 0 Å². The number of carbonyl (C=O) groups excluding carboxylic acids is 2. The molecule has 2 amide bonds. The molecule has 1 aliphatic rings. The Hall–Kier alpha value is -1.77. The second-order valence-corrected chi connectivity index (χ2v) is 10.9. The molecular formula is C25H45N5O7S. The zero-order chi connectivity index (χ0) is 27.9. The molecular weight excluding hydrogens is 514 g/mol. The van der Waals surface area contributed by atoms with Crippen LogP contribution in [-0.2, 0) is 14.3 Å². The third kappa shape index (κ3) is 10.4. The van der Waals surface area contributed by atoms with Gasteiger partial charge in [-0.15, -0.1) is 5.10 Å². The van der Waals surface area contributed by atoms with E-state index in [0.29, 0.717) is 12.2 Å². The molecule has 4 unspecified atom stereocenters. The second-order valence-electron chi connectivity index (χ2n) is 9.71. The minimum Gasteiger partial charge on any atom is -0.394 e. The number of unbranched alkanes of at least 4 members (excludes halogenated alkanes) is 7. The van der Waals surface area contributed by atoms with E-state index in [1.54, 1.807) is 11.8 Å². The molecule has 13 heteroatoms. The molecule has 2 heterocycles. The summed E-state index contributed by atoms with van der Waals surface area (Å²) < 4.78 is 6.55. The highest BCUT2D eigenvalue weighted by Crippen LogP contribution is 2.28. The number of thioether (sulfide) groups is 1. The van der Waals surface area contributed by atoms with Crippen LogP contribution in [0.2, 0.25) is 0 Å². The largest absolute Gasteiger partial charge is 0.394 e. The van der Waals surface area contributed by atoms with Crippen LogP contribution in [0.15, 0.2) is 6.20 Å². The molecule has 6 atom stereocenters. The lowest BCUT2D eigenvalue weighted by atomic mass is 9.98. The number of rotatable bonds is 18. The molecule has 1 aromatic heterocycles. The van der Waals surface area contributed by atoms with E-state index in [4.69, 9.17) is 4.74 Å². The van der Waals surface area contributed by atoms with Gasteiger partial charge in [-0.25, -0.2) is 4.68 Å². The Bertz CT molecular complexity index is 828. The van der Waals surface area contributed by atoms with Gasteiger partial charge in [-0.3, -0.25) is 9.59 Å². The average Bonchev–Trinajstić information content (AvgIpc) is 3.36. The lowest BCUT2D eigenvalue weighted by Gasteiger charge is -2.39. The zero-order valence-electron chi connectivity index (χ0n) is 22.5. The molecule has 1 saturated heterocycles. The first-order valence-corrected chi connectivity index (χ1v) is 14.9. The van der Waals surface area contributed by atoms with Crippen LogP contribution in [0.1, 0.15) is 84.3 Å². The number of hydrogen-bond donors (Lipinski definition) is 6. The number of nitrogens with zero attached hydrogens (tertiary/aromatic N) is 3. The van der Waals surface area contributed by atoms with Gasteiger partial charge in [0, 0.05) is 12.2 Å². The number of carbonyl (C=O) groups is 2. The number of amides is 2. The fourth-order valence-electron chi connectivity index (χ4n) is 4.19. The van der Waals surface area contributed by atoms with Crippen molar-refractivity contribution in [3.8, 4) is 0 Å². The molecule has 0 radical (unpaired) electrons. The number of aliphatic hydroxyl groups is 4. The van der Waals surface area contributed by atoms with Crippen LogP contribution in [0.25, 0.3) is 0 Å². The van der Waals surface area contributed by atoms with E-state index in [2.05, 4.69) is 27.9 Å². The highest BCUT2D eigenvalue weighted by Gasteiger charge is 2.44. The average molecular weight is 560 g/mol. The Kier molecular flexibility index (Phi) is 15.2. The molecule has 12 nitrogen and oxygen atoms in total. The quantitative estimate of drug-likeness (QED) is 0.144. The van der Waals surface area contributed by atoms with Crippen molar-refractivity contribution in [3.05, 3.63) is 6.20 Å². The van der Waals surface area contributed by atoms with Gasteiger partial charge in [0.05, 0.1) is 12.8 Å². The van der Waals surface area contributed by atoms with Crippen LogP contribution in [0.4, 0.5) is 5.82 Å². The number of nitrogens with one attached hydrogen (secondary N) is 2. The van der Waals surface area contributed by atoms with Crippen molar-refractivity contribution in [2.24, 2.45) is 0 Å². The summed E-state index contributed by atoms with van der Waals surface area (Å²) in [6.07, 6.45) is 4.74. The Morgan fingerprint density at radius 2 is 1.71 bits per heavy atom. The van der Waals surface area contributed by atoms with Gasteiger partial charge in [-0.1, -0.05) is 64.0 Å². The lowest BCUT2D eigenvalue weighted by Crippen LogP contribution is -2.56. The maximum Gasteiger partial charge on any atom is 0.249 e. The van der Waals surface area contributed by atoms with Crippen molar-refractivity contribution in [1.82, 2.24) is 20.3 Å². The summed E-state index contributed by atoms with van der Waals surface area (Å²) in [4.78, 5) is 25.5. The van der Waals surface area contributed by atoms with Gasteiger partial charge < -0.3 is 35.8 Å². The first-order valence-electron chi connectivity index (χ1n) is 13.7. The Morgan fingerprint density at radius 1 is 1.03 bits per heavy atom. The van der Waals surface area contributed by atoms with Gasteiger partial charge in [0.25, 0.3) is 0 Å². The lowest BCUT2D eigenvalue weighted by molar-refractivity contribution is -0.254. The molecule has 0 spiro atoms. The van der Waals surface area contributed by atoms with Crippen LogP contribution in [-0.4, -0.2) is 95.8 Å². The third-order valence-corrected chi connectivity index (χ3v) is 7.70. The molecule has 6 N–H and O–H groups in total. The Morgan fingerprint density at radius 3 is 2.37 bits per heavy atom. The van der Waals surface area contributed by atoms with Gasteiger partial charge >= 0.3 is 0 Å². The first-order chi connectivity index (χ1) is 18.3. The summed E-state index contributed by atoms with van der Waals surface area (Å²) in [6.45, 7) is 3.66. The number of hydrogen-bond acceptors (Lipinski definition) is 10. The SMILES string of the molecule is CCCCCCCCCCC(=O)N[C@H](CSCCC)C(=O)Nc1cn([C@H]2OC(CO)C(O)C(O)C2O)nn1. The smallest absolute Gasteiger partial charge is 0.249 e. The standard InChI is InChI=1S/C25H45N5O7S/c1-3-5-6-7-8-9-10-11-12-20(32)26-17(16-38-13-4-2)24(36)27-19-14-30(29-28-19)25-23(35)22(34)21(33)18(15-31)37-25/h14,17-18,21-23,25,31,33-35H,3-13,15-16H2,1-2H3,(H,26,32)(H,27,36)/t17-,18?,21?,22?,23?,25+/m1/s1. The van der Waals surface area contributed by atoms with Crippen LogP contribution in [0, 0.1) is 0 Å². The minimum atomic E-state index is -1.57. The molecule has 2 rings (SSSR count). The fraction of sp³-hybridized carbons (Fsp3) is 0.840. The number of anilines is 1. The van der Waals surface area contributed by atoms with Gasteiger partial charge in [0.2, 0.25) is 11.8 Å². The van der Waals surface area contributed by atoms with E-state index in [9.17, 15) is 30.0 Å². The van der Waals surface area contributed by atoms with Crippen LogP contribution in [0.3, 0.4) is 0 Å². The summed E-state index contributed by atoms with van der Waals surface area (Å²) in [7, 11) is 0. The molecule has 218 valence electrons. The third-order valence-electron chi connectivity index (χ3n) is 6.43. The van der Waals surface area contributed by atoms with Gasteiger partial charge in [-0.05, 0) is 18.6 Å². The molecule has 0 aliphatic carbocycles. The Labute approximate surface area is 228 Å². The zero-order valence-corrected chi connectivity index (χ0v) is 23.3. The number of aromatic nitrogens is 3. The predicted octanol–water partition coefficient (Wildman–Crippen LogP) is 1.35. The summed E-state index contributed by atoms with van der Waals surface area (Å²) in [5.74, 6) is 0.709. The molecule has 1 aliphatic heterocycles. The summed E-state index contributed by atoms with van der Waals surface area (Å²) >= 11 is 1.57. The predicted molar refractivity (Wildman–Crippen MR) is 144 cm³/mol. The first kappa shape index (κ1) is 32.4. The van der Waals surface area contributed by atoms with E-state index in [0.717, 1.165) is 36.1 Å². The molecule has 0 bridgehead atoms.